The van der Waals surface area contributed by atoms with Gasteiger partial charge in [0, 0.05) is 27.5 Å². The molecule has 0 fully saturated rings. The number of halogens is 1. The molecular formula is C23H22FNO2S. The van der Waals surface area contributed by atoms with Crippen molar-refractivity contribution in [3.8, 4) is 5.75 Å². The summed E-state index contributed by atoms with van der Waals surface area (Å²) in [6.45, 7) is 4.54. The van der Waals surface area contributed by atoms with Crippen LogP contribution in [0, 0.1) is 12.7 Å². The molecule has 3 rings (SSSR count). The van der Waals surface area contributed by atoms with E-state index >= 15 is 0 Å². The predicted molar refractivity (Wildman–Crippen MR) is 113 cm³/mol. The lowest BCUT2D eigenvalue weighted by Crippen LogP contribution is -2.12. The van der Waals surface area contributed by atoms with Gasteiger partial charge in [0.25, 0.3) is 5.91 Å². The molecular weight excluding hydrogens is 373 g/mol. The van der Waals surface area contributed by atoms with Crippen LogP contribution in [0.2, 0.25) is 0 Å². The van der Waals surface area contributed by atoms with E-state index in [1.54, 1.807) is 30.0 Å². The van der Waals surface area contributed by atoms with Gasteiger partial charge in [-0.05, 0) is 62.4 Å². The number of thioether (sulfide) groups is 1. The van der Waals surface area contributed by atoms with Gasteiger partial charge in [0.05, 0.1) is 6.61 Å². The minimum Gasteiger partial charge on any atom is -0.494 e. The van der Waals surface area contributed by atoms with E-state index in [0.29, 0.717) is 23.6 Å². The Morgan fingerprint density at radius 1 is 1.07 bits per heavy atom. The van der Waals surface area contributed by atoms with E-state index in [9.17, 15) is 9.18 Å². The number of amides is 1. The number of ether oxygens (including phenoxy) is 1. The summed E-state index contributed by atoms with van der Waals surface area (Å²) in [7, 11) is 0. The van der Waals surface area contributed by atoms with Crippen molar-refractivity contribution in [2.45, 2.75) is 24.5 Å². The van der Waals surface area contributed by atoms with E-state index in [1.165, 1.54) is 17.7 Å². The van der Waals surface area contributed by atoms with Crippen LogP contribution in [0.15, 0.2) is 71.6 Å². The third-order valence-electron chi connectivity index (χ3n) is 4.12. The number of hydrogen-bond donors (Lipinski definition) is 1. The third kappa shape index (κ3) is 5.36. The molecule has 0 saturated carbocycles. The van der Waals surface area contributed by atoms with Gasteiger partial charge in [-0.25, -0.2) is 4.39 Å². The van der Waals surface area contributed by atoms with Gasteiger partial charge in [-0.15, -0.1) is 11.8 Å². The number of carbonyl (C=O) groups excluding carboxylic acids is 1. The summed E-state index contributed by atoms with van der Waals surface area (Å²) in [5.74, 6) is 0.777. The fourth-order valence-corrected chi connectivity index (χ4v) is 3.57. The highest BCUT2D eigenvalue weighted by Crippen LogP contribution is 2.29. The summed E-state index contributed by atoms with van der Waals surface area (Å²) in [6.07, 6.45) is 0. The van der Waals surface area contributed by atoms with Crippen molar-refractivity contribution in [3.63, 3.8) is 0 Å². The highest BCUT2D eigenvalue weighted by molar-refractivity contribution is 7.98. The molecule has 1 amide bonds. The molecule has 0 unspecified atom stereocenters. The first-order valence-electron chi connectivity index (χ1n) is 9.07. The van der Waals surface area contributed by atoms with Gasteiger partial charge in [0.2, 0.25) is 0 Å². The van der Waals surface area contributed by atoms with Gasteiger partial charge in [0.1, 0.15) is 11.6 Å². The maximum Gasteiger partial charge on any atom is 0.255 e. The molecule has 0 aliphatic carbocycles. The largest absolute Gasteiger partial charge is 0.494 e. The van der Waals surface area contributed by atoms with E-state index in [1.807, 2.05) is 19.1 Å². The zero-order valence-corrected chi connectivity index (χ0v) is 16.7. The molecule has 3 nitrogen and oxygen atoms in total. The molecule has 3 aromatic rings. The third-order valence-corrected chi connectivity index (χ3v) is 5.18. The zero-order valence-electron chi connectivity index (χ0n) is 15.9. The average Bonchev–Trinajstić information content (AvgIpc) is 2.68. The molecule has 144 valence electrons. The lowest BCUT2D eigenvalue weighted by molar-refractivity contribution is 0.102. The smallest absolute Gasteiger partial charge is 0.255 e. The van der Waals surface area contributed by atoms with Crippen LogP contribution < -0.4 is 10.1 Å². The van der Waals surface area contributed by atoms with Crippen LogP contribution >= 0.6 is 11.8 Å². The first-order valence-corrected chi connectivity index (χ1v) is 10.1. The number of aryl methyl sites for hydroxylation is 1. The molecule has 0 heterocycles. The lowest BCUT2D eigenvalue weighted by Gasteiger charge is -2.13. The first-order chi connectivity index (χ1) is 13.5. The van der Waals surface area contributed by atoms with Gasteiger partial charge < -0.3 is 10.1 Å². The van der Waals surface area contributed by atoms with Crippen molar-refractivity contribution in [2.75, 3.05) is 11.9 Å². The van der Waals surface area contributed by atoms with Crippen LogP contribution in [0.4, 0.5) is 10.1 Å². The highest BCUT2D eigenvalue weighted by Gasteiger charge is 2.12. The van der Waals surface area contributed by atoms with Crippen molar-refractivity contribution in [3.05, 3.63) is 89.2 Å². The molecule has 0 radical (unpaired) electrons. The summed E-state index contributed by atoms with van der Waals surface area (Å²) in [6, 6.07) is 19.5. The topological polar surface area (TPSA) is 38.3 Å². The van der Waals surface area contributed by atoms with Gasteiger partial charge >= 0.3 is 0 Å². The van der Waals surface area contributed by atoms with Crippen LogP contribution in [0.3, 0.4) is 0 Å². The van der Waals surface area contributed by atoms with Crippen LogP contribution in [-0.2, 0) is 5.75 Å². The first kappa shape index (κ1) is 20.0. The van der Waals surface area contributed by atoms with Gasteiger partial charge in [-0.2, -0.15) is 0 Å². The molecule has 0 saturated heterocycles. The van der Waals surface area contributed by atoms with E-state index in [0.717, 1.165) is 16.2 Å². The minimum atomic E-state index is -0.389. The van der Waals surface area contributed by atoms with Gasteiger partial charge in [-0.3, -0.25) is 4.79 Å². The number of rotatable bonds is 7. The second-order valence-electron chi connectivity index (χ2n) is 6.32. The molecule has 0 aliphatic rings. The number of nitrogens with one attached hydrogen (secondary N) is 1. The zero-order chi connectivity index (χ0) is 19.9. The Morgan fingerprint density at radius 2 is 1.86 bits per heavy atom. The lowest BCUT2D eigenvalue weighted by atomic mass is 10.1. The van der Waals surface area contributed by atoms with E-state index < -0.39 is 0 Å². The molecule has 0 spiro atoms. The summed E-state index contributed by atoms with van der Waals surface area (Å²) in [5.41, 5.74) is 3.09. The molecule has 1 N–H and O–H groups in total. The predicted octanol–water partition coefficient (Wildman–Crippen LogP) is 6.08. The fourth-order valence-electron chi connectivity index (χ4n) is 2.69. The van der Waals surface area contributed by atoms with Crippen LogP contribution in [-0.4, -0.2) is 12.5 Å². The second-order valence-corrected chi connectivity index (χ2v) is 7.37. The summed E-state index contributed by atoms with van der Waals surface area (Å²) in [4.78, 5) is 13.7. The van der Waals surface area contributed by atoms with Crippen LogP contribution in [0.5, 0.6) is 5.75 Å². The Hall–Kier alpha value is -2.79. The Bertz CT molecular complexity index is 957. The molecule has 0 atom stereocenters. The summed E-state index contributed by atoms with van der Waals surface area (Å²) >= 11 is 1.69. The maximum atomic E-state index is 13.3. The SMILES string of the molecule is CCOc1ccc(C(=O)Nc2cccc(F)c2)cc1CSc1ccc(C)cc1. The number of carbonyl (C=O) groups is 1. The molecule has 0 aliphatic heterocycles. The van der Waals surface area contributed by atoms with Crippen molar-refractivity contribution in [2.24, 2.45) is 0 Å². The minimum absolute atomic E-state index is 0.282. The van der Waals surface area contributed by atoms with Crippen molar-refractivity contribution < 1.29 is 13.9 Å². The maximum absolute atomic E-state index is 13.3. The van der Waals surface area contributed by atoms with Gasteiger partial charge in [0.15, 0.2) is 0 Å². The summed E-state index contributed by atoms with van der Waals surface area (Å²) < 4.78 is 19.1. The van der Waals surface area contributed by atoms with Crippen molar-refractivity contribution >= 4 is 23.4 Å². The normalized spacial score (nSPS) is 10.5. The fraction of sp³-hybridized carbons (Fsp3) is 0.174. The van der Waals surface area contributed by atoms with Crippen molar-refractivity contribution in [1.82, 2.24) is 0 Å². The van der Waals surface area contributed by atoms with Crippen LogP contribution in [0.25, 0.3) is 0 Å². The Balaban J connectivity index is 1.77. The molecule has 0 aromatic heterocycles. The van der Waals surface area contributed by atoms with E-state index in [4.69, 9.17) is 4.74 Å². The summed E-state index contributed by atoms with van der Waals surface area (Å²) in [5, 5.41) is 2.73. The Morgan fingerprint density at radius 3 is 2.57 bits per heavy atom. The van der Waals surface area contributed by atoms with E-state index in [-0.39, 0.29) is 11.7 Å². The quantitative estimate of drug-likeness (QED) is 0.493. The second kappa shape index (κ2) is 9.42. The monoisotopic (exact) mass is 395 g/mol. The standard InChI is InChI=1S/C23H22FNO2S/c1-3-27-22-12-9-17(23(26)25-20-6-4-5-19(24)14-20)13-18(22)15-28-21-10-7-16(2)8-11-21/h4-14H,3,15H2,1-2H3,(H,25,26). The van der Waals surface area contributed by atoms with E-state index in [2.05, 4.69) is 36.5 Å². The molecule has 0 bridgehead atoms. The number of benzene rings is 3. The molecule has 3 aromatic carbocycles. The van der Waals surface area contributed by atoms with Crippen molar-refractivity contribution in [1.29, 1.82) is 0 Å². The Labute approximate surface area is 168 Å². The van der Waals surface area contributed by atoms with Gasteiger partial charge in [-0.1, -0.05) is 23.8 Å². The Kier molecular flexibility index (Phi) is 6.71. The highest BCUT2D eigenvalue weighted by atomic mass is 32.2. The number of anilines is 1. The average molecular weight is 395 g/mol. The molecule has 5 heteroatoms. The van der Waals surface area contributed by atoms with Crippen LogP contribution in [0.1, 0.15) is 28.4 Å². The molecule has 28 heavy (non-hydrogen) atoms. The number of hydrogen-bond acceptors (Lipinski definition) is 3.